The minimum atomic E-state index is -4.70. The second kappa shape index (κ2) is 6.91. The molecule has 1 aliphatic heterocycles. The summed E-state index contributed by atoms with van der Waals surface area (Å²) in [5.41, 5.74) is 6.73. The fourth-order valence-electron chi connectivity index (χ4n) is 2.72. The van der Waals surface area contributed by atoms with Gasteiger partial charge in [-0.3, -0.25) is 4.79 Å². The van der Waals surface area contributed by atoms with Crippen molar-refractivity contribution < 1.29 is 22.7 Å². The highest BCUT2D eigenvalue weighted by molar-refractivity contribution is 7.14. The Balaban J connectivity index is 1.66. The van der Waals surface area contributed by atoms with Crippen LogP contribution in [0.1, 0.15) is 12.8 Å². The first-order valence-corrected chi connectivity index (χ1v) is 8.56. The lowest BCUT2D eigenvalue weighted by atomic mass is 9.97. The Morgan fingerprint density at radius 1 is 1.24 bits per heavy atom. The number of anilines is 1. The van der Waals surface area contributed by atoms with Crippen LogP contribution in [-0.2, 0) is 4.79 Å². The molecular weight excluding hydrogens is 355 g/mol. The fourth-order valence-corrected chi connectivity index (χ4v) is 3.61. The van der Waals surface area contributed by atoms with Crippen LogP contribution >= 0.6 is 11.3 Å². The zero-order valence-corrected chi connectivity index (χ0v) is 13.9. The number of nitrogens with zero attached hydrogens (tertiary/aromatic N) is 2. The number of hydrogen-bond donors (Lipinski definition) is 1. The molecule has 0 bridgehead atoms. The second-order valence-corrected chi connectivity index (χ2v) is 6.59. The number of hydrogen-bond acceptors (Lipinski definition) is 5. The lowest BCUT2D eigenvalue weighted by molar-refractivity contribution is -0.274. The van der Waals surface area contributed by atoms with E-state index in [2.05, 4.69) is 14.6 Å². The van der Waals surface area contributed by atoms with Crippen LogP contribution < -0.4 is 15.4 Å². The maximum absolute atomic E-state index is 12.2. The predicted molar refractivity (Wildman–Crippen MR) is 88.4 cm³/mol. The third-order valence-electron chi connectivity index (χ3n) is 4.04. The molecule has 1 amide bonds. The summed E-state index contributed by atoms with van der Waals surface area (Å²) in [5.74, 6) is -0.613. The number of rotatable bonds is 4. The fraction of sp³-hybridized carbons (Fsp3) is 0.375. The molecule has 0 spiro atoms. The second-order valence-electron chi connectivity index (χ2n) is 5.75. The topological polar surface area (TPSA) is 68.5 Å². The Bertz CT molecular complexity index is 738. The van der Waals surface area contributed by atoms with Gasteiger partial charge in [0, 0.05) is 30.0 Å². The highest BCUT2D eigenvalue weighted by Gasteiger charge is 2.31. The molecule has 25 heavy (non-hydrogen) atoms. The maximum atomic E-state index is 12.2. The first kappa shape index (κ1) is 17.5. The van der Waals surface area contributed by atoms with Crippen molar-refractivity contribution >= 4 is 22.4 Å². The molecule has 2 heterocycles. The van der Waals surface area contributed by atoms with Gasteiger partial charge in [-0.25, -0.2) is 4.98 Å². The van der Waals surface area contributed by atoms with Gasteiger partial charge in [0.1, 0.15) is 5.75 Å². The van der Waals surface area contributed by atoms with E-state index >= 15 is 0 Å². The van der Waals surface area contributed by atoms with E-state index in [9.17, 15) is 18.0 Å². The monoisotopic (exact) mass is 371 g/mol. The largest absolute Gasteiger partial charge is 0.573 e. The molecule has 5 nitrogen and oxygen atoms in total. The molecule has 0 atom stereocenters. The number of nitrogens with two attached hydrogens (primary N) is 1. The van der Waals surface area contributed by atoms with E-state index < -0.39 is 6.36 Å². The highest BCUT2D eigenvalue weighted by atomic mass is 32.1. The quantitative estimate of drug-likeness (QED) is 0.894. The SMILES string of the molecule is NC(=O)C1CCN(c2nc(-c3ccc(OC(F)(F)F)cc3)cs2)CC1. The smallest absolute Gasteiger partial charge is 0.406 e. The van der Waals surface area contributed by atoms with E-state index in [1.54, 1.807) is 12.1 Å². The van der Waals surface area contributed by atoms with Gasteiger partial charge in [-0.1, -0.05) is 0 Å². The molecule has 2 N–H and O–H groups in total. The van der Waals surface area contributed by atoms with E-state index in [-0.39, 0.29) is 17.6 Å². The average molecular weight is 371 g/mol. The summed E-state index contributed by atoms with van der Waals surface area (Å²) in [7, 11) is 0. The number of thiazole rings is 1. The Kier molecular flexibility index (Phi) is 4.85. The third-order valence-corrected chi connectivity index (χ3v) is 4.94. The molecule has 1 saturated heterocycles. The molecule has 3 rings (SSSR count). The van der Waals surface area contributed by atoms with Gasteiger partial charge in [0.2, 0.25) is 5.91 Å². The summed E-state index contributed by atoms with van der Waals surface area (Å²) in [6, 6.07) is 5.61. The molecule has 1 aromatic heterocycles. The molecule has 0 radical (unpaired) electrons. The van der Waals surface area contributed by atoms with Crippen molar-refractivity contribution in [3.63, 3.8) is 0 Å². The molecule has 1 fully saturated rings. The molecule has 1 aliphatic rings. The molecule has 0 saturated carbocycles. The molecule has 134 valence electrons. The van der Waals surface area contributed by atoms with Crippen molar-refractivity contribution in [1.82, 2.24) is 4.98 Å². The molecule has 2 aromatic rings. The number of piperidine rings is 1. The number of alkyl halides is 3. The summed E-state index contributed by atoms with van der Waals surface area (Å²) in [4.78, 5) is 17.8. The Morgan fingerprint density at radius 3 is 2.44 bits per heavy atom. The summed E-state index contributed by atoms with van der Waals surface area (Å²) < 4.78 is 40.4. The Hall–Kier alpha value is -2.29. The molecule has 0 unspecified atom stereocenters. The van der Waals surface area contributed by atoms with Gasteiger partial charge in [-0.05, 0) is 37.1 Å². The van der Waals surface area contributed by atoms with Gasteiger partial charge in [0.05, 0.1) is 5.69 Å². The summed E-state index contributed by atoms with van der Waals surface area (Å²) >= 11 is 1.46. The van der Waals surface area contributed by atoms with Crippen LogP contribution in [0.5, 0.6) is 5.75 Å². The number of benzene rings is 1. The first-order chi connectivity index (χ1) is 11.8. The number of ether oxygens (including phenoxy) is 1. The van der Waals surface area contributed by atoms with Gasteiger partial charge >= 0.3 is 6.36 Å². The van der Waals surface area contributed by atoms with E-state index in [0.29, 0.717) is 37.2 Å². The number of aromatic nitrogens is 1. The van der Waals surface area contributed by atoms with Crippen LogP contribution in [0.15, 0.2) is 29.6 Å². The van der Waals surface area contributed by atoms with E-state index in [1.165, 1.54) is 23.5 Å². The molecular formula is C16H16F3N3O2S. The van der Waals surface area contributed by atoms with Gasteiger partial charge < -0.3 is 15.4 Å². The number of carbonyl (C=O) groups is 1. The van der Waals surface area contributed by atoms with Gasteiger partial charge in [-0.15, -0.1) is 24.5 Å². The summed E-state index contributed by atoms with van der Waals surface area (Å²) in [5, 5.41) is 2.68. The van der Waals surface area contributed by atoms with E-state index in [1.807, 2.05) is 5.38 Å². The number of amides is 1. The summed E-state index contributed by atoms with van der Waals surface area (Å²) in [6.07, 6.45) is -3.30. The van der Waals surface area contributed by atoms with E-state index in [0.717, 1.165) is 5.13 Å². The lowest BCUT2D eigenvalue weighted by Crippen LogP contribution is -2.38. The van der Waals surface area contributed by atoms with Crippen LogP contribution in [-0.4, -0.2) is 30.3 Å². The van der Waals surface area contributed by atoms with Crippen LogP contribution in [0.4, 0.5) is 18.3 Å². The summed E-state index contributed by atoms with van der Waals surface area (Å²) in [6.45, 7) is 1.41. The lowest BCUT2D eigenvalue weighted by Gasteiger charge is -2.30. The van der Waals surface area contributed by atoms with Crippen molar-refractivity contribution in [3.05, 3.63) is 29.6 Å². The van der Waals surface area contributed by atoms with Gasteiger partial charge in [-0.2, -0.15) is 0 Å². The van der Waals surface area contributed by atoms with Crippen molar-refractivity contribution in [3.8, 4) is 17.0 Å². The number of primary amides is 1. The minimum Gasteiger partial charge on any atom is -0.406 e. The number of carbonyl (C=O) groups excluding carboxylic acids is 1. The van der Waals surface area contributed by atoms with Gasteiger partial charge in [0.15, 0.2) is 5.13 Å². The number of halogens is 3. The molecule has 1 aromatic carbocycles. The minimum absolute atomic E-state index is 0.0862. The van der Waals surface area contributed by atoms with Crippen LogP contribution in [0.2, 0.25) is 0 Å². The van der Waals surface area contributed by atoms with Crippen molar-refractivity contribution in [2.75, 3.05) is 18.0 Å². The van der Waals surface area contributed by atoms with E-state index in [4.69, 9.17) is 5.73 Å². The zero-order chi connectivity index (χ0) is 18.0. The Labute approximate surface area is 146 Å². The highest BCUT2D eigenvalue weighted by Crippen LogP contribution is 2.31. The van der Waals surface area contributed by atoms with Crippen LogP contribution in [0, 0.1) is 5.92 Å². The van der Waals surface area contributed by atoms with Gasteiger partial charge in [0.25, 0.3) is 0 Å². The third kappa shape index (κ3) is 4.41. The Morgan fingerprint density at radius 2 is 1.88 bits per heavy atom. The van der Waals surface area contributed by atoms with Crippen molar-refractivity contribution in [1.29, 1.82) is 0 Å². The van der Waals surface area contributed by atoms with Crippen molar-refractivity contribution in [2.45, 2.75) is 19.2 Å². The molecule has 9 heteroatoms. The zero-order valence-electron chi connectivity index (χ0n) is 13.1. The normalized spacial score (nSPS) is 16.0. The van der Waals surface area contributed by atoms with Crippen molar-refractivity contribution in [2.24, 2.45) is 11.7 Å². The van der Waals surface area contributed by atoms with Crippen LogP contribution in [0.3, 0.4) is 0 Å². The molecule has 0 aliphatic carbocycles. The predicted octanol–water partition coefficient (Wildman–Crippen LogP) is 3.41. The standard InChI is InChI=1S/C16H16F3N3O2S/c17-16(18,19)24-12-3-1-10(2-4-12)13-9-25-15(21-13)22-7-5-11(6-8-22)14(20)23/h1-4,9,11H,5-8H2,(H2,20,23). The maximum Gasteiger partial charge on any atom is 0.573 e. The first-order valence-electron chi connectivity index (χ1n) is 7.68. The van der Waals surface area contributed by atoms with Crippen LogP contribution in [0.25, 0.3) is 11.3 Å². The average Bonchev–Trinajstić information content (AvgIpc) is 3.04.